The molecule has 1 saturated heterocycles. The Labute approximate surface area is 131 Å². The Balaban J connectivity index is 2.05. The van der Waals surface area contributed by atoms with Crippen LogP contribution in [0.3, 0.4) is 0 Å². The van der Waals surface area contributed by atoms with E-state index in [4.69, 9.17) is 5.14 Å². The van der Waals surface area contributed by atoms with Gasteiger partial charge >= 0.3 is 0 Å². The van der Waals surface area contributed by atoms with Crippen LogP contribution in [0.1, 0.15) is 26.7 Å². The number of anilines is 1. The van der Waals surface area contributed by atoms with Crippen LogP contribution >= 0.6 is 0 Å². The van der Waals surface area contributed by atoms with Crippen molar-refractivity contribution in [3.05, 3.63) is 24.3 Å². The van der Waals surface area contributed by atoms with Crippen molar-refractivity contribution >= 4 is 21.6 Å². The first kappa shape index (κ1) is 16.9. The molecule has 0 unspecified atom stereocenters. The minimum Gasteiger partial charge on any atom is -0.325 e. The third-order valence-electron chi connectivity index (χ3n) is 4.05. The molecule has 6 nitrogen and oxygen atoms in total. The summed E-state index contributed by atoms with van der Waals surface area (Å²) in [5.41, 5.74) is 0.438. The summed E-state index contributed by atoms with van der Waals surface area (Å²) in [4.78, 5) is 14.5. The number of hydrogen-bond donors (Lipinski definition) is 2. The highest BCUT2D eigenvalue weighted by atomic mass is 32.2. The van der Waals surface area contributed by atoms with Gasteiger partial charge in [0.05, 0.1) is 10.9 Å². The molecule has 1 heterocycles. The van der Waals surface area contributed by atoms with Crippen molar-refractivity contribution in [2.45, 2.75) is 37.6 Å². The van der Waals surface area contributed by atoms with Gasteiger partial charge in [0, 0.05) is 12.2 Å². The van der Waals surface area contributed by atoms with Gasteiger partial charge in [-0.3, -0.25) is 9.69 Å². The molecule has 2 atom stereocenters. The van der Waals surface area contributed by atoms with Crippen LogP contribution in [0, 0.1) is 5.92 Å². The SMILES string of the molecule is C[C@H]1CCCN([C@H](C)C(=O)Nc2cccc(S(N)(=O)=O)c2)C1. The fourth-order valence-electron chi connectivity index (χ4n) is 2.74. The van der Waals surface area contributed by atoms with Gasteiger partial charge in [0.25, 0.3) is 0 Å². The summed E-state index contributed by atoms with van der Waals surface area (Å²) in [6.45, 7) is 5.88. The highest BCUT2D eigenvalue weighted by molar-refractivity contribution is 7.89. The third-order valence-corrected chi connectivity index (χ3v) is 4.96. The number of nitrogens with zero attached hydrogens (tertiary/aromatic N) is 1. The number of carbonyl (C=O) groups is 1. The predicted molar refractivity (Wildman–Crippen MR) is 85.9 cm³/mol. The molecule has 0 bridgehead atoms. The maximum Gasteiger partial charge on any atom is 0.241 e. The molecule has 1 aromatic carbocycles. The molecular weight excluding hydrogens is 302 g/mol. The van der Waals surface area contributed by atoms with Crippen molar-refractivity contribution in [3.8, 4) is 0 Å². The molecule has 122 valence electrons. The number of piperidine rings is 1. The molecule has 1 aromatic rings. The van der Waals surface area contributed by atoms with E-state index in [2.05, 4.69) is 17.1 Å². The monoisotopic (exact) mass is 325 g/mol. The quantitative estimate of drug-likeness (QED) is 0.875. The molecule has 3 N–H and O–H groups in total. The Morgan fingerprint density at radius 2 is 2.18 bits per heavy atom. The Morgan fingerprint density at radius 1 is 1.45 bits per heavy atom. The molecule has 1 aliphatic heterocycles. The smallest absolute Gasteiger partial charge is 0.241 e. The van der Waals surface area contributed by atoms with E-state index in [-0.39, 0.29) is 16.8 Å². The topological polar surface area (TPSA) is 92.5 Å². The third kappa shape index (κ3) is 4.28. The molecule has 1 aliphatic rings. The molecule has 1 amide bonds. The van der Waals surface area contributed by atoms with Crippen LogP contribution in [-0.4, -0.2) is 38.4 Å². The summed E-state index contributed by atoms with van der Waals surface area (Å²) >= 11 is 0. The maximum atomic E-state index is 12.3. The second-order valence-electron chi connectivity index (χ2n) is 5.98. The number of hydrogen-bond acceptors (Lipinski definition) is 4. The molecule has 0 aliphatic carbocycles. The minimum absolute atomic E-state index is 0.00968. The molecule has 0 spiro atoms. The van der Waals surface area contributed by atoms with Crippen LogP contribution in [0.2, 0.25) is 0 Å². The van der Waals surface area contributed by atoms with E-state index in [1.165, 1.54) is 18.6 Å². The average molecular weight is 325 g/mol. The molecule has 2 rings (SSSR count). The van der Waals surface area contributed by atoms with Gasteiger partial charge in [-0.1, -0.05) is 13.0 Å². The summed E-state index contributed by atoms with van der Waals surface area (Å²) in [5.74, 6) is 0.454. The Morgan fingerprint density at radius 3 is 2.82 bits per heavy atom. The lowest BCUT2D eigenvalue weighted by atomic mass is 9.99. The van der Waals surface area contributed by atoms with Crippen LogP contribution in [0.5, 0.6) is 0 Å². The number of benzene rings is 1. The zero-order chi connectivity index (χ0) is 16.3. The van der Waals surface area contributed by atoms with Crippen LogP contribution < -0.4 is 10.5 Å². The fourth-order valence-corrected chi connectivity index (χ4v) is 3.30. The van der Waals surface area contributed by atoms with E-state index in [0.29, 0.717) is 11.6 Å². The first-order valence-corrected chi connectivity index (χ1v) is 9.00. The van der Waals surface area contributed by atoms with Crippen molar-refractivity contribution in [1.29, 1.82) is 0 Å². The lowest BCUT2D eigenvalue weighted by Gasteiger charge is -2.34. The summed E-state index contributed by atoms with van der Waals surface area (Å²) in [6.07, 6.45) is 2.29. The van der Waals surface area contributed by atoms with Gasteiger partial charge in [0.1, 0.15) is 0 Å². The van der Waals surface area contributed by atoms with E-state index in [0.717, 1.165) is 19.5 Å². The molecule has 1 fully saturated rings. The first-order valence-electron chi connectivity index (χ1n) is 7.45. The van der Waals surface area contributed by atoms with Gasteiger partial charge < -0.3 is 5.32 Å². The molecule has 0 radical (unpaired) electrons. The standard InChI is InChI=1S/C15H23N3O3S/c1-11-5-4-8-18(10-11)12(2)15(19)17-13-6-3-7-14(9-13)22(16,20)21/h3,6-7,9,11-12H,4-5,8,10H2,1-2H3,(H,17,19)(H2,16,20,21)/t11-,12+/m0/s1. The van der Waals surface area contributed by atoms with Gasteiger partial charge in [0.15, 0.2) is 0 Å². The van der Waals surface area contributed by atoms with Crippen molar-refractivity contribution in [2.75, 3.05) is 18.4 Å². The zero-order valence-corrected chi connectivity index (χ0v) is 13.8. The zero-order valence-electron chi connectivity index (χ0n) is 13.0. The van der Waals surface area contributed by atoms with Crippen LogP contribution in [0.15, 0.2) is 29.2 Å². The van der Waals surface area contributed by atoms with E-state index in [1.54, 1.807) is 12.1 Å². The van der Waals surface area contributed by atoms with E-state index in [9.17, 15) is 13.2 Å². The normalized spacial score (nSPS) is 21.3. The number of rotatable bonds is 4. The number of nitrogens with two attached hydrogens (primary N) is 1. The first-order chi connectivity index (χ1) is 10.3. The highest BCUT2D eigenvalue weighted by Crippen LogP contribution is 2.19. The second-order valence-corrected chi connectivity index (χ2v) is 7.54. The summed E-state index contributed by atoms with van der Waals surface area (Å²) in [6, 6.07) is 5.74. The molecule has 22 heavy (non-hydrogen) atoms. The van der Waals surface area contributed by atoms with E-state index >= 15 is 0 Å². The number of amides is 1. The minimum atomic E-state index is -3.77. The number of sulfonamides is 1. The summed E-state index contributed by atoms with van der Waals surface area (Å²) in [7, 11) is -3.77. The van der Waals surface area contributed by atoms with Crippen LogP contribution in [-0.2, 0) is 14.8 Å². The van der Waals surface area contributed by atoms with Gasteiger partial charge in [-0.25, -0.2) is 13.6 Å². The van der Waals surface area contributed by atoms with Crippen molar-refractivity contribution < 1.29 is 13.2 Å². The fraction of sp³-hybridized carbons (Fsp3) is 0.533. The molecular formula is C15H23N3O3S. The molecule has 0 saturated carbocycles. The van der Waals surface area contributed by atoms with Crippen LogP contribution in [0.4, 0.5) is 5.69 Å². The lowest BCUT2D eigenvalue weighted by Crippen LogP contribution is -2.46. The van der Waals surface area contributed by atoms with Gasteiger partial charge in [-0.2, -0.15) is 0 Å². The summed E-state index contributed by atoms with van der Waals surface area (Å²) < 4.78 is 22.7. The molecule has 0 aromatic heterocycles. The van der Waals surface area contributed by atoms with Crippen molar-refractivity contribution in [2.24, 2.45) is 11.1 Å². The lowest BCUT2D eigenvalue weighted by molar-refractivity contribution is -0.121. The Kier molecular flexibility index (Phi) is 5.20. The number of likely N-dealkylation sites (tertiary alicyclic amines) is 1. The van der Waals surface area contributed by atoms with Gasteiger partial charge in [-0.15, -0.1) is 0 Å². The summed E-state index contributed by atoms with van der Waals surface area (Å²) in [5, 5.41) is 7.87. The highest BCUT2D eigenvalue weighted by Gasteiger charge is 2.25. The van der Waals surface area contributed by atoms with E-state index in [1.807, 2.05) is 6.92 Å². The maximum absolute atomic E-state index is 12.3. The molecule has 7 heteroatoms. The number of primary sulfonamides is 1. The Bertz CT molecular complexity index is 645. The van der Waals surface area contributed by atoms with Crippen molar-refractivity contribution in [3.63, 3.8) is 0 Å². The average Bonchev–Trinajstić information content (AvgIpc) is 2.46. The van der Waals surface area contributed by atoms with Crippen molar-refractivity contribution in [1.82, 2.24) is 4.90 Å². The number of carbonyl (C=O) groups excluding carboxylic acids is 1. The number of nitrogens with one attached hydrogen (secondary N) is 1. The Hall–Kier alpha value is -1.44. The van der Waals surface area contributed by atoms with Gasteiger partial charge in [0.2, 0.25) is 15.9 Å². The largest absolute Gasteiger partial charge is 0.325 e. The second kappa shape index (κ2) is 6.76. The van der Waals surface area contributed by atoms with Crippen LogP contribution in [0.25, 0.3) is 0 Å². The van der Waals surface area contributed by atoms with E-state index < -0.39 is 10.0 Å². The van der Waals surface area contributed by atoms with Gasteiger partial charge in [-0.05, 0) is 50.4 Å². The predicted octanol–water partition coefficient (Wildman–Crippen LogP) is 1.39.